The zero-order valence-electron chi connectivity index (χ0n) is 16.0. The number of hydrogen-bond donors (Lipinski definition) is 1. The Balaban J connectivity index is 1.75. The zero-order chi connectivity index (χ0) is 21.3. The molecule has 3 amide bonds. The normalized spacial score (nSPS) is 15.3. The summed E-state index contributed by atoms with van der Waals surface area (Å²) in [6.45, 7) is 5.41. The van der Waals surface area contributed by atoms with Crippen molar-refractivity contribution in [1.29, 1.82) is 0 Å². The van der Waals surface area contributed by atoms with Crippen LogP contribution in [0.5, 0.6) is 0 Å². The van der Waals surface area contributed by atoms with Gasteiger partial charge in [0.15, 0.2) is 0 Å². The third-order valence-electron chi connectivity index (χ3n) is 4.37. The molecule has 3 rings (SSSR count). The molecule has 0 unspecified atom stereocenters. The van der Waals surface area contributed by atoms with E-state index in [0.29, 0.717) is 21.3 Å². The van der Waals surface area contributed by atoms with Crippen molar-refractivity contribution in [1.82, 2.24) is 4.90 Å². The summed E-state index contributed by atoms with van der Waals surface area (Å²) in [5, 5.41) is 3.14. The summed E-state index contributed by atoms with van der Waals surface area (Å²) in [5.74, 6) is -0.966. The monoisotopic (exact) mass is 448 g/mol. The highest BCUT2D eigenvalue weighted by Gasteiger charge is 2.36. The summed E-state index contributed by atoms with van der Waals surface area (Å²) in [6, 6.07) is 8.78. The summed E-state index contributed by atoms with van der Waals surface area (Å²) < 4.78 is 0. The van der Waals surface area contributed by atoms with Gasteiger partial charge in [0.05, 0.1) is 4.91 Å². The Bertz CT molecular complexity index is 1040. The van der Waals surface area contributed by atoms with E-state index in [4.69, 9.17) is 23.2 Å². The molecule has 0 aliphatic carbocycles. The molecule has 2 aromatic rings. The second kappa shape index (κ2) is 8.61. The molecular weight excluding hydrogens is 431 g/mol. The van der Waals surface area contributed by atoms with Crippen LogP contribution in [-0.4, -0.2) is 28.5 Å². The van der Waals surface area contributed by atoms with E-state index >= 15 is 0 Å². The molecule has 1 N–H and O–H groups in total. The summed E-state index contributed by atoms with van der Waals surface area (Å²) in [7, 11) is 0. The van der Waals surface area contributed by atoms with Crippen LogP contribution in [0.2, 0.25) is 10.0 Å². The fraction of sp³-hybridized carbons (Fsp3) is 0.190. The van der Waals surface area contributed by atoms with Crippen molar-refractivity contribution in [2.45, 2.75) is 20.8 Å². The van der Waals surface area contributed by atoms with Crippen LogP contribution >= 0.6 is 35.0 Å². The van der Waals surface area contributed by atoms with E-state index in [-0.39, 0.29) is 11.4 Å². The first kappa shape index (κ1) is 21.4. The van der Waals surface area contributed by atoms with Gasteiger partial charge in [-0.15, -0.1) is 0 Å². The second-order valence-electron chi connectivity index (χ2n) is 6.76. The Morgan fingerprint density at radius 2 is 1.76 bits per heavy atom. The number of hydrogen-bond acceptors (Lipinski definition) is 4. The predicted molar refractivity (Wildman–Crippen MR) is 118 cm³/mol. The number of nitrogens with zero attached hydrogens (tertiary/aromatic N) is 1. The highest BCUT2D eigenvalue weighted by molar-refractivity contribution is 8.18. The molecule has 1 fully saturated rings. The highest BCUT2D eigenvalue weighted by Crippen LogP contribution is 2.34. The summed E-state index contributed by atoms with van der Waals surface area (Å²) >= 11 is 12.8. The van der Waals surface area contributed by atoms with Gasteiger partial charge in [0.2, 0.25) is 5.91 Å². The van der Waals surface area contributed by atoms with Crippen LogP contribution < -0.4 is 5.32 Å². The first-order valence-electron chi connectivity index (χ1n) is 8.74. The largest absolute Gasteiger partial charge is 0.324 e. The van der Waals surface area contributed by atoms with Gasteiger partial charge >= 0.3 is 0 Å². The van der Waals surface area contributed by atoms with Gasteiger partial charge in [-0.25, -0.2) is 0 Å². The summed E-state index contributed by atoms with van der Waals surface area (Å²) in [4.78, 5) is 38.5. The number of carbonyl (C=O) groups is 3. The van der Waals surface area contributed by atoms with E-state index in [1.807, 2.05) is 32.9 Å². The van der Waals surface area contributed by atoms with Crippen molar-refractivity contribution in [3.8, 4) is 0 Å². The minimum absolute atomic E-state index is 0.203. The molecule has 1 saturated heterocycles. The Morgan fingerprint density at radius 3 is 2.38 bits per heavy atom. The molecule has 2 aromatic carbocycles. The van der Waals surface area contributed by atoms with Crippen LogP contribution in [0.4, 0.5) is 10.5 Å². The smallest absolute Gasteiger partial charge is 0.294 e. The molecule has 1 aliphatic rings. The van der Waals surface area contributed by atoms with E-state index in [0.717, 1.165) is 33.4 Å². The number of amides is 3. The minimum Gasteiger partial charge on any atom is -0.324 e. The average molecular weight is 449 g/mol. The number of imide groups is 1. The number of nitrogens with one attached hydrogen (secondary N) is 1. The number of thioether (sulfide) groups is 1. The lowest BCUT2D eigenvalue weighted by Gasteiger charge is -2.15. The van der Waals surface area contributed by atoms with Crippen molar-refractivity contribution < 1.29 is 14.4 Å². The van der Waals surface area contributed by atoms with Gasteiger partial charge in [0.1, 0.15) is 6.54 Å². The quantitative estimate of drug-likeness (QED) is 0.618. The number of rotatable bonds is 4. The molecule has 0 aromatic heterocycles. The minimum atomic E-state index is -0.529. The van der Waals surface area contributed by atoms with Crippen LogP contribution in [-0.2, 0) is 9.59 Å². The molecule has 0 spiro atoms. The molecule has 5 nitrogen and oxygen atoms in total. The third-order valence-corrected chi connectivity index (χ3v) is 5.84. The molecule has 0 atom stereocenters. The van der Waals surface area contributed by atoms with Crippen molar-refractivity contribution in [2.24, 2.45) is 0 Å². The molecule has 0 radical (unpaired) electrons. The zero-order valence-corrected chi connectivity index (χ0v) is 18.3. The van der Waals surface area contributed by atoms with Gasteiger partial charge < -0.3 is 5.32 Å². The highest BCUT2D eigenvalue weighted by atomic mass is 35.5. The Hall–Kier alpha value is -2.28. The molecule has 8 heteroatoms. The number of benzene rings is 2. The van der Waals surface area contributed by atoms with Gasteiger partial charge in [0, 0.05) is 15.7 Å². The van der Waals surface area contributed by atoms with Crippen LogP contribution in [0.25, 0.3) is 6.08 Å². The molecular formula is C21H18Cl2N2O3S. The predicted octanol–water partition coefficient (Wildman–Crippen LogP) is 5.59. The van der Waals surface area contributed by atoms with E-state index in [1.165, 1.54) is 6.08 Å². The molecule has 150 valence electrons. The Morgan fingerprint density at radius 1 is 1.10 bits per heavy atom. The molecule has 1 heterocycles. The number of halogens is 2. The first-order valence-corrected chi connectivity index (χ1v) is 10.3. The van der Waals surface area contributed by atoms with Crippen LogP contribution in [0.1, 0.15) is 22.3 Å². The topological polar surface area (TPSA) is 66.5 Å². The number of anilines is 1. The van der Waals surface area contributed by atoms with Crippen molar-refractivity contribution in [3.63, 3.8) is 0 Å². The van der Waals surface area contributed by atoms with Crippen LogP contribution in [0, 0.1) is 20.8 Å². The van der Waals surface area contributed by atoms with Gasteiger partial charge in [-0.3, -0.25) is 19.3 Å². The van der Waals surface area contributed by atoms with Crippen molar-refractivity contribution in [3.05, 3.63) is 67.5 Å². The van der Waals surface area contributed by atoms with Gasteiger partial charge in [0.25, 0.3) is 11.1 Å². The molecule has 29 heavy (non-hydrogen) atoms. The maximum atomic E-state index is 12.6. The van der Waals surface area contributed by atoms with E-state index in [9.17, 15) is 14.4 Å². The molecule has 0 saturated carbocycles. The third kappa shape index (κ3) is 4.83. The Labute approximate surface area is 183 Å². The lowest BCUT2D eigenvalue weighted by Crippen LogP contribution is -2.36. The standard InChI is InChI=1S/C21H18Cl2N2O3S/c1-11-6-12(2)19(13(3)7-11)24-18(26)10-25-20(27)17(29-21(25)28)8-14-4-5-15(22)9-16(14)23/h4-9H,10H2,1-3H3,(H,24,26)/b17-8+. The molecule has 1 aliphatic heterocycles. The lowest BCUT2D eigenvalue weighted by atomic mass is 10.1. The SMILES string of the molecule is Cc1cc(C)c(NC(=O)CN2C(=O)S/C(=C/c3ccc(Cl)cc3Cl)C2=O)c(C)c1. The maximum Gasteiger partial charge on any atom is 0.294 e. The van der Waals surface area contributed by atoms with Crippen molar-refractivity contribution in [2.75, 3.05) is 11.9 Å². The first-order chi connectivity index (χ1) is 13.7. The van der Waals surface area contributed by atoms with Gasteiger partial charge in [-0.05, 0) is 67.4 Å². The van der Waals surface area contributed by atoms with Crippen LogP contribution in [0.15, 0.2) is 35.2 Å². The van der Waals surface area contributed by atoms with Gasteiger partial charge in [-0.1, -0.05) is 47.0 Å². The van der Waals surface area contributed by atoms with Crippen LogP contribution in [0.3, 0.4) is 0 Å². The van der Waals surface area contributed by atoms with E-state index < -0.39 is 17.1 Å². The maximum absolute atomic E-state index is 12.6. The lowest BCUT2D eigenvalue weighted by molar-refractivity contribution is -0.127. The van der Waals surface area contributed by atoms with E-state index in [1.54, 1.807) is 18.2 Å². The fourth-order valence-corrected chi connectivity index (χ4v) is 4.39. The molecule has 0 bridgehead atoms. The van der Waals surface area contributed by atoms with E-state index in [2.05, 4.69) is 5.32 Å². The fourth-order valence-electron chi connectivity index (χ4n) is 3.10. The number of carbonyl (C=O) groups excluding carboxylic acids is 3. The van der Waals surface area contributed by atoms with Gasteiger partial charge in [-0.2, -0.15) is 0 Å². The van der Waals surface area contributed by atoms with Crippen molar-refractivity contribution >= 4 is 63.8 Å². The second-order valence-corrected chi connectivity index (χ2v) is 8.59. The average Bonchev–Trinajstić information content (AvgIpc) is 2.88. The summed E-state index contributed by atoms with van der Waals surface area (Å²) in [5.41, 5.74) is 4.19. The summed E-state index contributed by atoms with van der Waals surface area (Å²) in [6.07, 6.45) is 1.52. The number of aryl methyl sites for hydroxylation is 3. The Kier molecular flexibility index (Phi) is 6.36.